The van der Waals surface area contributed by atoms with Gasteiger partial charge in [0.05, 0.1) is 4.90 Å². The maximum atomic E-state index is 14.4. The van der Waals surface area contributed by atoms with E-state index in [1.807, 2.05) is 74.2 Å². The maximum Gasteiger partial charge on any atom is 0.410 e. The van der Waals surface area contributed by atoms with Crippen LogP contribution in [0.4, 0.5) is 10.5 Å². The number of carboxylic acid groups (broad SMARTS) is 1. The Balaban J connectivity index is 1.24. The number of fused-ring (bicyclic) bond motifs is 1. The lowest BCUT2D eigenvalue weighted by Crippen LogP contribution is -2.43. The molecule has 0 saturated carbocycles. The maximum absolute atomic E-state index is 14.4. The Kier molecular flexibility index (Phi) is 9.52. The summed E-state index contributed by atoms with van der Waals surface area (Å²) >= 11 is 0. The molecule has 3 aromatic carbocycles. The van der Waals surface area contributed by atoms with Gasteiger partial charge in [-0.05, 0) is 94.2 Å². The molecule has 6 rings (SSSR count). The molecule has 0 unspecified atom stereocenters. The first-order valence-electron chi connectivity index (χ1n) is 16.9. The third-order valence-electron chi connectivity index (χ3n) is 9.83. The summed E-state index contributed by atoms with van der Waals surface area (Å²) in [7, 11) is -4.01. The topological polar surface area (TPSA) is 121 Å². The number of aryl methyl sites for hydroxylation is 1. The van der Waals surface area contributed by atoms with Crippen molar-refractivity contribution in [2.24, 2.45) is 5.41 Å². The zero-order valence-electron chi connectivity index (χ0n) is 28.6. The number of nitrogens with zero attached hydrogens (tertiary/aromatic N) is 3. The number of likely N-dealkylation sites (tertiary alicyclic amines) is 1. The van der Waals surface area contributed by atoms with E-state index in [9.17, 15) is 23.1 Å². The van der Waals surface area contributed by atoms with Crippen molar-refractivity contribution < 1.29 is 32.3 Å². The van der Waals surface area contributed by atoms with E-state index in [4.69, 9.17) is 9.15 Å². The fourth-order valence-corrected chi connectivity index (χ4v) is 8.53. The van der Waals surface area contributed by atoms with E-state index in [0.717, 1.165) is 49.2 Å². The van der Waals surface area contributed by atoms with Gasteiger partial charge in [-0.3, -0.25) is 0 Å². The Morgan fingerprint density at radius 3 is 2.33 bits per heavy atom. The van der Waals surface area contributed by atoms with Crippen LogP contribution in [0.5, 0.6) is 0 Å². The predicted molar refractivity (Wildman–Crippen MR) is 188 cm³/mol. The van der Waals surface area contributed by atoms with Crippen molar-refractivity contribution in [3.63, 3.8) is 0 Å². The van der Waals surface area contributed by atoms with Gasteiger partial charge in [0, 0.05) is 55.9 Å². The lowest BCUT2D eigenvalue weighted by Gasteiger charge is -2.41. The van der Waals surface area contributed by atoms with Gasteiger partial charge in [0.25, 0.3) is 0 Å². The fourth-order valence-electron chi connectivity index (χ4n) is 7.09. The number of para-hydroxylation sites is 1. The minimum absolute atomic E-state index is 0.0533. The number of amides is 1. The van der Waals surface area contributed by atoms with Crippen LogP contribution >= 0.6 is 0 Å². The number of carboxylic acids is 1. The summed E-state index contributed by atoms with van der Waals surface area (Å²) in [5.41, 5.74) is 3.18. The van der Waals surface area contributed by atoms with Gasteiger partial charge in [-0.2, -0.15) is 4.31 Å². The molecule has 1 N–H and O–H groups in total. The summed E-state index contributed by atoms with van der Waals surface area (Å²) in [4.78, 5) is 28.7. The fraction of sp³-hybridized carbons (Fsp3) is 0.421. The lowest BCUT2D eigenvalue weighted by atomic mass is 9.77. The Morgan fingerprint density at radius 1 is 0.959 bits per heavy atom. The van der Waals surface area contributed by atoms with Crippen molar-refractivity contribution in [1.82, 2.24) is 9.21 Å². The van der Waals surface area contributed by atoms with Crippen LogP contribution in [0.2, 0.25) is 0 Å². The number of rotatable bonds is 9. The predicted octanol–water partition coefficient (Wildman–Crippen LogP) is 7.10. The SMILES string of the molecule is Cc1c(C(=O)O)oc2ccc(S(=O)(=O)N(CCc3ccccc3)Cc3ccccc3N3CCC4(CCN(C(=O)OC(C)(C)C)C4)CC3)cc12. The third-order valence-corrected chi connectivity index (χ3v) is 11.7. The molecule has 3 heterocycles. The van der Waals surface area contributed by atoms with Crippen LogP contribution in [0.25, 0.3) is 11.0 Å². The average molecular weight is 688 g/mol. The van der Waals surface area contributed by atoms with Gasteiger partial charge in [0.15, 0.2) is 0 Å². The molecule has 49 heavy (non-hydrogen) atoms. The van der Waals surface area contributed by atoms with E-state index < -0.39 is 21.6 Å². The van der Waals surface area contributed by atoms with Gasteiger partial charge in [0.2, 0.25) is 15.8 Å². The molecular formula is C38H45N3O7S. The monoisotopic (exact) mass is 687 g/mol. The molecule has 0 radical (unpaired) electrons. The Morgan fingerprint density at radius 2 is 1.63 bits per heavy atom. The minimum Gasteiger partial charge on any atom is -0.475 e. The lowest BCUT2D eigenvalue weighted by molar-refractivity contribution is 0.0266. The summed E-state index contributed by atoms with van der Waals surface area (Å²) < 4.78 is 41.5. The van der Waals surface area contributed by atoms with E-state index in [1.54, 1.807) is 6.92 Å². The van der Waals surface area contributed by atoms with E-state index in [-0.39, 0.29) is 35.3 Å². The number of carbonyl (C=O) groups is 2. The molecule has 1 aromatic heterocycles. The standard InChI is InChI=1S/C38H45N3O7S/c1-27-31-24-30(14-15-33(31)47-34(27)35(42)43)49(45,46)41(20-16-28-10-6-5-7-11-28)25-29-12-8-9-13-32(29)39-21-17-38(18-22-39)19-23-40(26-38)36(44)48-37(2,3)4/h5-15,24H,16-23,25-26H2,1-4H3,(H,42,43). The molecule has 4 aromatic rings. The molecular weight excluding hydrogens is 642 g/mol. The number of piperidine rings is 1. The molecule has 11 heteroatoms. The second-order valence-electron chi connectivity index (χ2n) is 14.4. The van der Waals surface area contributed by atoms with Crippen LogP contribution in [0.15, 0.2) is 82.1 Å². The van der Waals surface area contributed by atoms with Gasteiger partial charge >= 0.3 is 12.1 Å². The molecule has 2 saturated heterocycles. The van der Waals surface area contributed by atoms with E-state index in [2.05, 4.69) is 11.0 Å². The number of carbonyl (C=O) groups excluding carboxylic acids is 1. The van der Waals surface area contributed by atoms with Crippen molar-refractivity contribution in [3.8, 4) is 0 Å². The second-order valence-corrected chi connectivity index (χ2v) is 16.3. The molecule has 2 aliphatic heterocycles. The van der Waals surface area contributed by atoms with Gasteiger partial charge in [-0.1, -0.05) is 48.5 Å². The molecule has 260 valence electrons. The Labute approximate surface area is 288 Å². The average Bonchev–Trinajstić information content (AvgIpc) is 3.64. The highest BCUT2D eigenvalue weighted by Gasteiger charge is 2.43. The summed E-state index contributed by atoms with van der Waals surface area (Å²) in [5, 5.41) is 10.0. The molecule has 10 nitrogen and oxygen atoms in total. The number of hydrogen-bond acceptors (Lipinski definition) is 7. The highest BCUT2D eigenvalue weighted by Crippen LogP contribution is 2.42. The summed E-state index contributed by atoms with van der Waals surface area (Å²) in [6, 6.07) is 22.3. The second kappa shape index (κ2) is 13.5. The van der Waals surface area contributed by atoms with Crippen LogP contribution in [-0.2, 0) is 27.7 Å². The summed E-state index contributed by atoms with van der Waals surface area (Å²) in [5.74, 6) is -1.39. The number of furan rings is 1. The molecule has 0 aliphatic carbocycles. The van der Waals surface area contributed by atoms with Crippen LogP contribution in [-0.4, -0.2) is 73.1 Å². The first kappa shape index (κ1) is 34.5. The number of hydrogen-bond donors (Lipinski definition) is 1. The highest BCUT2D eigenvalue weighted by atomic mass is 32.2. The van der Waals surface area contributed by atoms with E-state index in [0.29, 0.717) is 36.0 Å². The molecule has 0 bridgehead atoms. The van der Waals surface area contributed by atoms with Crippen molar-refractivity contribution in [2.45, 2.75) is 70.4 Å². The third kappa shape index (κ3) is 7.47. The summed E-state index contributed by atoms with van der Waals surface area (Å²) in [6.07, 6.45) is 3.08. The van der Waals surface area contributed by atoms with Crippen molar-refractivity contribution >= 4 is 38.7 Å². The molecule has 2 fully saturated rings. The Bertz CT molecular complexity index is 1940. The van der Waals surface area contributed by atoms with Gasteiger partial charge in [0.1, 0.15) is 11.2 Å². The highest BCUT2D eigenvalue weighted by molar-refractivity contribution is 7.89. The zero-order chi connectivity index (χ0) is 35.0. The smallest absolute Gasteiger partial charge is 0.410 e. The Hall–Kier alpha value is -4.35. The minimum atomic E-state index is -4.01. The first-order chi connectivity index (χ1) is 23.2. The number of anilines is 1. The van der Waals surface area contributed by atoms with Crippen LogP contribution in [0.3, 0.4) is 0 Å². The van der Waals surface area contributed by atoms with Crippen molar-refractivity contribution in [3.05, 3.63) is 95.2 Å². The van der Waals surface area contributed by atoms with E-state index in [1.165, 1.54) is 22.5 Å². The van der Waals surface area contributed by atoms with Gasteiger partial charge in [-0.25, -0.2) is 18.0 Å². The van der Waals surface area contributed by atoms with Crippen molar-refractivity contribution in [2.75, 3.05) is 37.6 Å². The number of sulfonamides is 1. The summed E-state index contributed by atoms with van der Waals surface area (Å²) in [6.45, 7) is 10.7. The first-order valence-corrected chi connectivity index (χ1v) is 18.3. The number of aromatic carboxylic acids is 1. The van der Waals surface area contributed by atoms with Crippen LogP contribution < -0.4 is 4.90 Å². The van der Waals surface area contributed by atoms with Crippen molar-refractivity contribution in [1.29, 1.82) is 0 Å². The number of ether oxygens (including phenoxy) is 1. The van der Waals surface area contributed by atoms with E-state index >= 15 is 0 Å². The molecule has 1 amide bonds. The van der Waals surface area contributed by atoms with Gasteiger partial charge < -0.3 is 24.1 Å². The molecule has 1 spiro atoms. The molecule has 2 aliphatic rings. The zero-order valence-corrected chi connectivity index (χ0v) is 29.5. The molecule has 0 atom stereocenters. The number of benzene rings is 3. The quantitative estimate of drug-likeness (QED) is 0.198. The largest absolute Gasteiger partial charge is 0.475 e. The van der Waals surface area contributed by atoms with Crippen LogP contribution in [0.1, 0.15) is 67.3 Å². The normalized spacial score (nSPS) is 16.5. The van der Waals surface area contributed by atoms with Gasteiger partial charge in [-0.15, -0.1) is 0 Å². The van der Waals surface area contributed by atoms with Crippen LogP contribution in [0, 0.1) is 12.3 Å².